The van der Waals surface area contributed by atoms with Crippen LogP contribution in [0, 0.1) is 0 Å². The summed E-state index contributed by atoms with van der Waals surface area (Å²) in [5.74, 6) is -0.384. The van der Waals surface area contributed by atoms with Crippen LogP contribution in [0.1, 0.15) is 0 Å². The molecule has 6 nitrogen and oxygen atoms in total. The summed E-state index contributed by atoms with van der Waals surface area (Å²) in [7, 11) is 1.56. The highest BCUT2D eigenvalue weighted by Gasteiger charge is 2.12. The average molecular weight is 372 g/mol. The van der Waals surface area contributed by atoms with Gasteiger partial charge in [0.25, 0.3) is 5.56 Å². The second-order valence-electron chi connectivity index (χ2n) is 4.26. The van der Waals surface area contributed by atoms with Crippen molar-refractivity contribution < 1.29 is 9.53 Å². The van der Waals surface area contributed by atoms with E-state index in [9.17, 15) is 9.59 Å². The van der Waals surface area contributed by atoms with Crippen molar-refractivity contribution in [1.82, 2.24) is 9.55 Å². The Morgan fingerprint density at radius 1 is 1.52 bits per heavy atom. The molecule has 112 valence electrons. The van der Waals surface area contributed by atoms with Gasteiger partial charge >= 0.3 is 0 Å². The summed E-state index contributed by atoms with van der Waals surface area (Å²) in [5.41, 5.74) is 5.58. The maximum atomic E-state index is 12.6. The molecule has 2 N–H and O–H groups in total. The minimum Gasteiger partial charge on any atom is -0.383 e. The molecule has 1 amide bonds. The third kappa shape index (κ3) is 3.84. The lowest BCUT2D eigenvalue weighted by atomic mass is 10.2. The highest BCUT2D eigenvalue weighted by atomic mass is 79.9. The monoisotopic (exact) mass is 371 g/mol. The molecular formula is C13H14BrN3O3S. The van der Waals surface area contributed by atoms with Crippen molar-refractivity contribution in [2.24, 2.45) is 5.73 Å². The van der Waals surface area contributed by atoms with Crippen molar-refractivity contribution in [1.29, 1.82) is 0 Å². The van der Waals surface area contributed by atoms with Gasteiger partial charge in [-0.1, -0.05) is 27.7 Å². The molecule has 0 saturated heterocycles. The van der Waals surface area contributed by atoms with Crippen LogP contribution in [0.15, 0.2) is 32.6 Å². The molecule has 2 rings (SSSR count). The topological polar surface area (TPSA) is 87.2 Å². The zero-order valence-corrected chi connectivity index (χ0v) is 13.7. The summed E-state index contributed by atoms with van der Waals surface area (Å²) in [4.78, 5) is 28.0. The molecule has 2 aromatic rings. The summed E-state index contributed by atoms with van der Waals surface area (Å²) in [5, 5.41) is 0.981. The second-order valence-corrected chi connectivity index (χ2v) is 6.12. The zero-order valence-electron chi connectivity index (χ0n) is 11.3. The highest BCUT2D eigenvalue weighted by molar-refractivity contribution is 9.10. The fourth-order valence-corrected chi connectivity index (χ4v) is 2.92. The summed E-state index contributed by atoms with van der Waals surface area (Å²) < 4.78 is 7.34. The van der Waals surface area contributed by atoms with Gasteiger partial charge in [-0.05, 0) is 18.2 Å². The zero-order chi connectivity index (χ0) is 15.4. The van der Waals surface area contributed by atoms with Crippen LogP contribution in [-0.4, -0.2) is 34.9 Å². The van der Waals surface area contributed by atoms with Gasteiger partial charge in [-0.15, -0.1) is 0 Å². The SMILES string of the molecule is COCCn1c(SCC(N)=O)nc2ccc(Br)cc2c1=O. The molecule has 0 aliphatic heterocycles. The third-order valence-electron chi connectivity index (χ3n) is 2.74. The third-order valence-corrected chi connectivity index (χ3v) is 4.24. The number of methoxy groups -OCH3 is 1. The number of rotatable bonds is 6. The van der Waals surface area contributed by atoms with Gasteiger partial charge in [0.15, 0.2) is 5.16 Å². The number of thioether (sulfide) groups is 1. The van der Waals surface area contributed by atoms with E-state index in [4.69, 9.17) is 10.5 Å². The van der Waals surface area contributed by atoms with E-state index in [1.807, 2.05) is 6.07 Å². The number of nitrogens with zero attached hydrogens (tertiary/aromatic N) is 2. The molecule has 0 bridgehead atoms. The maximum absolute atomic E-state index is 12.6. The van der Waals surface area contributed by atoms with E-state index in [0.717, 1.165) is 16.2 Å². The number of hydrogen-bond acceptors (Lipinski definition) is 5. The number of aromatic nitrogens is 2. The molecule has 8 heteroatoms. The number of benzene rings is 1. The number of amides is 1. The molecule has 21 heavy (non-hydrogen) atoms. The van der Waals surface area contributed by atoms with Gasteiger partial charge in [0.05, 0.1) is 29.8 Å². The molecule has 0 saturated carbocycles. The first-order valence-corrected chi connectivity index (χ1v) is 7.91. The van der Waals surface area contributed by atoms with Gasteiger partial charge in [-0.3, -0.25) is 14.2 Å². The van der Waals surface area contributed by atoms with Crippen molar-refractivity contribution >= 4 is 44.5 Å². The van der Waals surface area contributed by atoms with Crippen molar-refractivity contribution in [2.75, 3.05) is 19.5 Å². The van der Waals surface area contributed by atoms with Crippen LogP contribution in [0.4, 0.5) is 0 Å². The number of nitrogens with two attached hydrogens (primary N) is 1. The Bertz CT molecular complexity index is 732. The van der Waals surface area contributed by atoms with Crippen LogP contribution in [0.3, 0.4) is 0 Å². The van der Waals surface area contributed by atoms with Crippen LogP contribution in [-0.2, 0) is 16.1 Å². The normalized spacial score (nSPS) is 11.0. The number of carbonyl (C=O) groups excluding carboxylic acids is 1. The van der Waals surface area contributed by atoms with Crippen LogP contribution < -0.4 is 11.3 Å². The lowest BCUT2D eigenvalue weighted by molar-refractivity contribution is -0.115. The maximum Gasteiger partial charge on any atom is 0.262 e. The van der Waals surface area contributed by atoms with Gasteiger partial charge in [-0.25, -0.2) is 4.98 Å². The first-order chi connectivity index (χ1) is 10.0. The molecule has 0 atom stereocenters. The summed E-state index contributed by atoms with van der Waals surface area (Å²) >= 11 is 4.49. The number of ether oxygens (including phenoxy) is 1. The molecule has 0 aliphatic rings. The predicted molar refractivity (Wildman–Crippen MR) is 85.5 cm³/mol. The Labute approximate surface area is 133 Å². The van der Waals surface area contributed by atoms with E-state index in [2.05, 4.69) is 20.9 Å². The van der Waals surface area contributed by atoms with Crippen LogP contribution in [0.5, 0.6) is 0 Å². The average Bonchev–Trinajstić information content (AvgIpc) is 2.45. The fraction of sp³-hybridized carbons (Fsp3) is 0.308. The Morgan fingerprint density at radius 3 is 2.95 bits per heavy atom. The fourth-order valence-electron chi connectivity index (χ4n) is 1.80. The van der Waals surface area contributed by atoms with Crippen LogP contribution in [0.25, 0.3) is 10.9 Å². The van der Waals surface area contributed by atoms with Crippen molar-refractivity contribution in [3.05, 3.63) is 33.0 Å². The van der Waals surface area contributed by atoms with Crippen LogP contribution >= 0.6 is 27.7 Å². The van der Waals surface area contributed by atoms with Gasteiger partial charge in [0, 0.05) is 11.6 Å². The van der Waals surface area contributed by atoms with E-state index in [0.29, 0.717) is 29.2 Å². The predicted octanol–water partition coefficient (Wildman–Crippen LogP) is 1.38. The smallest absolute Gasteiger partial charge is 0.262 e. The lowest BCUT2D eigenvalue weighted by Crippen LogP contribution is -2.26. The number of halogens is 1. The molecule has 0 fully saturated rings. The van der Waals surface area contributed by atoms with E-state index in [1.165, 1.54) is 4.57 Å². The first-order valence-electron chi connectivity index (χ1n) is 6.13. The minimum absolute atomic E-state index is 0.0709. The van der Waals surface area contributed by atoms with E-state index >= 15 is 0 Å². The standard InChI is InChI=1S/C13H14BrN3O3S/c1-20-5-4-17-12(19)9-6-8(14)2-3-10(9)16-13(17)21-7-11(15)18/h2-3,6H,4-5,7H2,1H3,(H2,15,18). The van der Waals surface area contributed by atoms with Crippen molar-refractivity contribution in [3.63, 3.8) is 0 Å². The number of carbonyl (C=O) groups is 1. The Hall–Kier alpha value is -1.38. The van der Waals surface area contributed by atoms with Gasteiger partial charge in [0.2, 0.25) is 5.91 Å². The molecule has 0 unspecified atom stereocenters. The summed E-state index contributed by atoms with van der Waals surface area (Å²) in [6.07, 6.45) is 0. The molecule has 0 aliphatic carbocycles. The van der Waals surface area contributed by atoms with Gasteiger partial charge < -0.3 is 10.5 Å². The van der Waals surface area contributed by atoms with Crippen LogP contribution in [0.2, 0.25) is 0 Å². The number of primary amides is 1. The van der Waals surface area contributed by atoms with Crippen molar-refractivity contribution in [3.8, 4) is 0 Å². The number of fused-ring (bicyclic) bond motifs is 1. The molecular weight excluding hydrogens is 358 g/mol. The van der Waals surface area contributed by atoms with E-state index < -0.39 is 5.91 Å². The summed E-state index contributed by atoms with van der Waals surface area (Å²) in [6, 6.07) is 5.31. The van der Waals surface area contributed by atoms with Gasteiger partial charge in [0.1, 0.15) is 0 Å². The van der Waals surface area contributed by atoms with E-state index in [-0.39, 0.29) is 11.3 Å². The van der Waals surface area contributed by atoms with Crippen molar-refractivity contribution in [2.45, 2.75) is 11.7 Å². The largest absolute Gasteiger partial charge is 0.383 e. The Balaban J connectivity index is 2.55. The number of hydrogen-bond donors (Lipinski definition) is 1. The minimum atomic E-state index is -0.455. The highest BCUT2D eigenvalue weighted by Crippen LogP contribution is 2.20. The quantitative estimate of drug-likeness (QED) is 0.612. The Kier molecular flexibility index (Phi) is 5.38. The first kappa shape index (κ1) is 16.0. The molecule has 0 radical (unpaired) electrons. The lowest BCUT2D eigenvalue weighted by Gasteiger charge is -2.12. The Morgan fingerprint density at radius 2 is 2.29 bits per heavy atom. The molecule has 1 aromatic carbocycles. The summed E-state index contributed by atoms with van der Waals surface area (Å²) in [6.45, 7) is 0.747. The van der Waals surface area contributed by atoms with E-state index in [1.54, 1.807) is 19.2 Å². The molecule has 1 aromatic heterocycles. The van der Waals surface area contributed by atoms with Gasteiger partial charge in [-0.2, -0.15) is 0 Å². The molecule has 0 spiro atoms. The molecule has 1 heterocycles. The second kappa shape index (κ2) is 7.06.